The molecule has 4 aromatic carbocycles. The summed E-state index contributed by atoms with van der Waals surface area (Å²) >= 11 is 0.759. The molecule has 1 aliphatic heterocycles. The van der Waals surface area contributed by atoms with E-state index in [1.165, 1.54) is 29.2 Å². The molecule has 57 heavy (non-hydrogen) atoms. The van der Waals surface area contributed by atoms with Crippen LogP contribution in [0.2, 0.25) is 0 Å². The number of rotatable bonds is 11. The fourth-order valence-corrected chi connectivity index (χ4v) is 7.13. The molecule has 0 radical (unpaired) electrons. The van der Waals surface area contributed by atoms with Crippen molar-refractivity contribution in [3.8, 4) is 5.75 Å². The standard InChI is InChI=1S/C40H38F9N3O4S/c1-23-19-52(24(2)22-53)37(55)32-5-4-6-33(50-35(54)15-25-7-11-27(12-8-25)38(41,42)43)36(32)56-34(23)21-51(3)20-26-9-13-30(14-10-26)57-31-17-28(39(44,45)46)16-29(18-31)40(47,48)49/h4-14,16-18,23-24,34,53H,15,19-22H2,1-3H3,(H,50,54)/t23-,24+,34-/m1/s1. The molecule has 2 N–H and O–H groups in total. The number of likely N-dealkylation sites (N-methyl/N-ethyl adjacent to an activating group) is 1. The Morgan fingerprint density at radius 2 is 1.44 bits per heavy atom. The van der Waals surface area contributed by atoms with Crippen LogP contribution in [-0.4, -0.2) is 65.6 Å². The smallest absolute Gasteiger partial charge is 0.416 e. The van der Waals surface area contributed by atoms with Crippen LogP contribution in [0.25, 0.3) is 0 Å². The Bertz CT molecular complexity index is 2010. The molecule has 4 aromatic rings. The van der Waals surface area contributed by atoms with E-state index in [0.29, 0.717) is 29.1 Å². The normalized spacial score (nSPS) is 17.1. The first-order valence-corrected chi connectivity index (χ1v) is 18.4. The molecule has 306 valence electrons. The topological polar surface area (TPSA) is 82.1 Å². The summed E-state index contributed by atoms with van der Waals surface area (Å²) in [6, 6.07) is 16.2. The summed E-state index contributed by atoms with van der Waals surface area (Å²) < 4.78 is 126. The Labute approximate surface area is 326 Å². The SMILES string of the molecule is C[C@@H]1CN([C@@H](C)CO)C(=O)c2cccc(NC(=O)Cc3ccc(C(F)(F)F)cc3)c2O[C@@H]1CN(C)Cc1ccc(Sc2cc(C(F)(F)F)cc(C(F)(F)F)c2)cc1. The fourth-order valence-electron chi connectivity index (χ4n) is 6.22. The van der Waals surface area contributed by atoms with Crippen LogP contribution in [0.3, 0.4) is 0 Å². The Balaban J connectivity index is 1.33. The predicted molar refractivity (Wildman–Crippen MR) is 195 cm³/mol. The molecule has 0 fully saturated rings. The summed E-state index contributed by atoms with van der Waals surface area (Å²) in [6.45, 7) is 4.06. The van der Waals surface area contributed by atoms with Crippen LogP contribution < -0.4 is 10.1 Å². The third kappa shape index (κ3) is 11.2. The van der Waals surface area contributed by atoms with Gasteiger partial charge in [0, 0.05) is 35.3 Å². The number of nitrogens with one attached hydrogen (secondary N) is 1. The second kappa shape index (κ2) is 17.4. The van der Waals surface area contributed by atoms with E-state index in [9.17, 15) is 54.2 Å². The molecule has 1 aliphatic rings. The third-order valence-electron chi connectivity index (χ3n) is 9.28. The van der Waals surface area contributed by atoms with Crippen molar-refractivity contribution in [1.29, 1.82) is 0 Å². The zero-order valence-corrected chi connectivity index (χ0v) is 31.5. The van der Waals surface area contributed by atoms with E-state index in [1.54, 1.807) is 44.3 Å². The van der Waals surface area contributed by atoms with Gasteiger partial charge in [-0.3, -0.25) is 14.5 Å². The Morgan fingerprint density at radius 3 is 2.00 bits per heavy atom. The van der Waals surface area contributed by atoms with Crippen LogP contribution in [0.15, 0.2) is 94.7 Å². The lowest BCUT2D eigenvalue weighted by Crippen LogP contribution is -2.49. The van der Waals surface area contributed by atoms with Crippen LogP contribution in [0.1, 0.15) is 52.0 Å². The molecule has 0 unspecified atom stereocenters. The number of alkyl halides is 9. The van der Waals surface area contributed by atoms with Crippen molar-refractivity contribution in [2.45, 2.75) is 67.3 Å². The number of carbonyl (C=O) groups excluding carboxylic acids is 2. The highest BCUT2D eigenvalue weighted by Gasteiger charge is 2.38. The zero-order valence-electron chi connectivity index (χ0n) is 30.7. The number of carbonyl (C=O) groups is 2. The van der Waals surface area contributed by atoms with Crippen LogP contribution in [0.4, 0.5) is 45.2 Å². The van der Waals surface area contributed by atoms with Crippen molar-refractivity contribution in [3.05, 3.63) is 118 Å². The van der Waals surface area contributed by atoms with Crippen LogP contribution >= 0.6 is 11.8 Å². The molecule has 0 aliphatic carbocycles. The largest absolute Gasteiger partial charge is 0.486 e. The van der Waals surface area contributed by atoms with Crippen LogP contribution in [0, 0.1) is 5.92 Å². The highest BCUT2D eigenvalue weighted by atomic mass is 32.2. The summed E-state index contributed by atoms with van der Waals surface area (Å²) in [6.07, 6.45) is -15.3. The van der Waals surface area contributed by atoms with Crippen molar-refractivity contribution >= 4 is 29.3 Å². The highest BCUT2D eigenvalue weighted by Crippen LogP contribution is 2.40. The van der Waals surface area contributed by atoms with Crippen LogP contribution in [0.5, 0.6) is 5.75 Å². The van der Waals surface area contributed by atoms with Gasteiger partial charge in [-0.1, -0.05) is 49.0 Å². The van der Waals surface area contributed by atoms with Gasteiger partial charge in [-0.05, 0) is 79.7 Å². The van der Waals surface area contributed by atoms with Gasteiger partial charge in [0.25, 0.3) is 5.91 Å². The molecule has 0 spiro atoms. The summed E-state index contributed by atoms with van der Waals surface area (Å²) in [4.78, 5) is 30.6. The second-order valence-electron chi connectivity index (χ2n) is 13.9. The number of para-hydroxylation sites is 1. The molecule has 0 saturated heterocycles. The summed E-state index contributed by atoms with van der Waals surface area (Å²) in [5.41, 5.74) is -2.29. The number of aliphatic hydroxyl groups is 1. The lowest BCUT2D eigenvalue weighted by molar-refractivity contribution is -0.143. The van der Waals surface area contributed by atoms with E-state index in [2.05, 4.69) is 5.32 Å². The summed E-state index contributed by atoms with van der Waals surface area (Å²) in [7, 11) is 1.80. The van der Waals surface area contributed by atoms with Gasteiger partial charge in [-0.15, -0.1) is 0 Å². The van der Waals surface area contributed by atoms with Gasteiger partial charge in [0.1, 0.15) is 6.10 Å². The minimum atomic E-state index is -4.97. The van der Waals surface area contributed by atoms with Gasteiger partial charge in [0.05, 0.1) is 47.0 Å². The maximum absolute atomic E-state index is 13.8. The number of fused-ring (bicyclic) bond motifs is 1. The number of nitrogens with zero attached hydrogens (tertiary/aromatic N) is 2. The fraction of sp³-hybridized carbons (Fsp3) is 0.350. The van der Waals surface area contributed by atoms with Crippen molar-refractivity contribution in [2.75, 3.05) is 32.1 Å². The molecule has 7 nitrogen and oxygen atoms in total. The first-order chi connectivity index (χ1) is 26.6. The number of benzene rings is 4. The quantitative estimate of drug-likeness (QED) is 0.147. The van der Waals surface area contributed by atoms with Gasteiger partial charge in [0.15, 0.2) is 5.75 Å². The highest BCUT2D eigenvalue weighted by molar-refractivity contribution is 7.99. The third-order valence-corrected chi connectivity index (χ3v) is 10.3. The van der Waals surface area contributed by atoms with Crippen LogP contribution in [-0.2, 0) is 36.3 Å². The summed E-state index contributed by atoms with van der Waals surface area (Å²) in [5.74, 6) is -1.25. The molecular formula is C40H38F9N3O4S. The molecular weight excluding hydrogens is 790 g/mol. The molecule has 0 bridgehead atoms. The van der Waals surface area contributed by atoms with E-state index in [0.717, 1.165) is 29.5 Å². The molecule has 2 amide bonds. The Morgan fingerprint density at radius 1 is 0.860 bits per heavy atom. The van der Waals surface area contributed by atoms with Crippen molar-refractivity contribution < 1.29 is 58.9 Å². The van der Waals surface area contributed by atoms with Gasteiger partial charge in [0.2, 0.25) is 5.91 Å². The Hall–Kier alpha value is -4.74. The van der Waals surface area contributed by atoms with Crippen molar-refractivity contribution in [2.24, 2.45) is 5.92 Å². The first kappa shape index (κ1) is 43.4. The van der Waals surface area contributed by atoms with Gasteiger partial charge in [-0.25, -0.2) is 0 Å². The number of halogens is 9. The maximum Gasteiger partial charge on any atom is 0.416 e. The van der Waals surface area contributed by atoms with Crippen molar-refractivity contribution in [3.63, 3.8) is 0 Å². The molecule has 1 heterocycles. The van der Waals surface area contributed by atoms with E-state index >= 15 is 0 Å². The molecule has 0 aromatic heterocycles. The van der Waals surface area contributed by atoms with Crippen molar-refractivity contribution in [1.82, 2.24) is 9.80 Å². The first-order valence-electron chi connectivity index (χ1n) is 17.5. The number of hydrogen-bond donors (Lipinski definition) is 2. The average molecular weight is 828 g/mol. The average Bonchev–Trinajstić information content (AvgIpc) is 3.12. The lowest BCUT2D eigenvalue weighted by Gasteiger charge is -2.38. The number of amides is 2. The zero-order chi connectivity index (χ0) is 41.9. The predicted octanol–water partition coefficient (Wildman–Crippen LogP) is 9.43. The molecule has 17 heteroatoms. The van der Waals surface area contributed by atoms with E-state index in [4.69, 9.17) is 4.74 Å². The lowest BCUT2D eigenvalue weighted by atomic mass is 9.98. The molecule has 3 atom stereocenters. The number of anilines is 1. The second-order valence-corrected chi connectivity index (χ2v) is 15.1. The maximum atomic E-state index is 13.8. The minimum absolute atomic E-state index is 0.0769. The van der Waals surface area contributed by atoms with Gasteiger partial charge in [-0.2, -0.15) is 39.5 Å². The number of hydrogen-bond acceptors (Lipinski definition) is 6. The summed E-state index contributed by atoms with van der Waals surface area (Å²) in [5, 5.41) is 12.7. The Kier molecular flexibility index (Phi) is 13.2. The van der Waals surface area contributed by atoms with E-state index in [1.807, 2.05) is 11.8 Å². The van der Waals surface area contributed by atoms with E-state index < -0.39 is 59.2 Å². The van der Waals surface area contributed by atoms with E-state index in [-0.39, 0.29) is 60.0 Å². The number of aliphatic hydroxyl groups excluding tert-OH is 1. The number of ether oxygens (including phenoxy) is 1. The minimum Gasteiger partial charge on any atom is -0.486 e. The van der Waals surface area contributed by atoms with Gasteiger partial charge < -0.3 is 20.1 Å². The van der Waals surface area contributed by atoms with Gasteiger partial charge >= 0.3 is 18.5 Å². The molecule has 0 saturated carbocycles. The monoisotopic (exact) mass is 827 g/mol. The molecule has 5 rings (SSSR count).